The van der Waals surface area contributed by atoms with Crippen LogP contribution in [0.4, 0.5) is 5.69 Å². The summed E-state index contributed by atoms with van der Waals surface area (Å²) in [5, 5.41) is 0.414. The summed E-state index contributed by atoms with van der Waals surface area (Å²) in [6.07, 6.45) is 3.06. The molecule has 7 heteroatoms. The summed E-state index contributed by atoms with van der Waals surface area (Å²) in [6.45, 7) is 0. The molecule has 3 heterocycles. The predicted octanol–water partition coefficient (Wildman–Crippen LogP) is 6.19. The molecule has 0 aliphatic carbocycles. The van der Waals surface area contributed by atoms with E-state index in [1.807, 2.05) is 102 Å². The molecule has 2 amide bonds. The van der Waals surface area contributed by atoms with Gasteiger partial charge in [-0.15, -0.1) is 0 Å². The molecule has 41 heavy (non-hydrogen) atoms. The van der Waals surface area contributed by atoms with Gasteiger partial charge in [0.2, 0.25) is 11.8 Å². The summed E-state index contributed by atoms with van der Waals surface area (Å²) >= 11 is 6.23. The van der Waals surface area contributed by atoms with Gasteiger partial charge in [0.15, 0.2) is 6.10 Å². The van der Waals surface area contributed by atoms with Crippen LogP contribution in [-0.4, -0.2) is 28.7 Å². The van der Waals surface area contributed by atoms with E-state index in [-0.39, 0.29) is 5.91 Å². The van der Waals surface area contributed by atoms with E-state index in [0.29, 0.717) is 10.7 Å². The van der Waals surface area contributed by atoms with E-state index in [1.54, 1.807) is 24.3 Å². The third kappa shape index (κ3) is 4.14. The van der Waals surface area contributed by atoms with Crippen LogP contribution in [0, 0.1) is 11.8 Å². The van der Waals surface area contributed by atoms with E-state index < -0.39 is 41.9 Å². The summed E-state index contributed by atoms with van der Waals surface area (Å²) in [5.41, 5.74) is 3.87. The molecule has 0 saturated carbocycles. The Balaban J connectivity index is 1.32. The molecule has 4 aromatic rings. The molecule has 3 aliphatic rings. The molecular weight excluding hydrogens is 536 g/mol. The fourth-order valence-corrected chi connectivity index (χ4v) is 6.65. The first-order valence-electron chi connectivity index (χ1n) is 13.5. The van der Waals surface area contributed by atoms with Crippen LogP contribution in [0.25, 0.3) is 6.08 Å². The lowest BCUT2D eigenvalue weighted by molar-refractivity contribution is -0.155. The number of amides is 2. The van der Waals surface area contributed by atoms with Gasteiger partial charge in [0.25, 0.3) is 0 Å². The van der Waals surface area contributed by atoms with Crippen molar-refractivity contribution in [2.75, 3.05) is 4.90 Å². The van der Waals surface area contributed by atoms with Gasteiger partial charge in [0.05, 0.1) is 23.6 Å². The number of fused-ring (bicyclic) bond motifs is 5. The van der Waals surface area contributed by atoms with Crippen molar-refractivity contribution in [2.24, 2.45) is 11.8 Å². The standard InChI is InChI=1S/C34H25ClN2O4/c35-24-15-9-16-25(20-24)37-32(38)27-28(33(37)39)30(36-19-18-21-10-7-8-17-26(21)29(27)36)34(40)41-31(22-11-3-1-4-12-22)23-13-5-2-6-14-23/h1-20,27-31H/t27-,28+,29+,30+/m0/s1. The zero-order valence-corrected chi connectivity index (χ0v) is 22.6. The molecule has 2 saturated heterocycles. The SMILES string of the molecule is O=C(OC(c1ccccc1)c1ccccc1)[C@H]1[C@@H]2C(=O)N(c3cccc(Cl)c3)C(=O)[C@@H]2[C@H]2c3ccccc3C=CN21. The summed E-state index contributed by atoms with van der Waals surface area (Å²) in [4.78, 5) is 45.5. The van der Waals surface area contributed by atoms with E-state index in [0.717, 1.165) is 22.3 Å². The van der Waals surface area contributed by atoms with Crippen LogP contribution in [-0.2, 0) is 19.1 Å². The highest BCUT2D eigenvalue weighted by Gasteiger charge is 2.65. The summed E-state index contributed by atoms with van der Waals surface area (Å²) in [5.74, 6) is -3.03. The van der Waals surface area contributed by atoms with Gasteiger partial charge in [-0.05, 0) is 46.5 Å². The monoisotopic (exact) mass is 560 g/mol. The van der Waals surface area contributed by atoms with E-state index in [9.17, 15) is 14.4 Å². The second kappa shape index (κ2) is 10.1. The average Bonchev–Trinajstić information content (AvgIpc) is 3.48. The van der Waals surface area contributed by atoms with Gasteiger partial charge in [-0.3, -0.25) is 9.59 Å². The molecule has 2 fully saturated rings. The van der Waals surface area contributed by atoms with Gasteiger partial charge in [0, 0.05) is 11.2 Å². The van der Waals surface area contributed by atoms with Gasteiger partial charge in [-0.25, -0.2) is 9.69 Å². The lowest BCUT2D eigenvalue weighted by Gasteiger charge is -2.35. The highest BCUT2D eigenvalue weighted by Crippen LogP contribution is 2.53. The molecular formula is C34H25ClN2O4. The summed E-state index contributed by atoms with van der Waals surface area (Å²) in [6, 6.07) is 32.0. The molecule has 0 unspecified atom stereocenters. The van der Waals surface area contributed by atoms with Crippen molar-refractivity contribution in [2.45, 2.75) is 18.2 Å². The topological polar surface area (TPSA) is 66.9 Å². The summed E-state index contributed by atoms with van der Waals surface area (Å²) < 4.78 is 6.28. The largest absolute Gasteiger partial charge is 0.451 e. The van der Waals surface area contributed by atoms with Gasteiger partial charge in [-0.2, -0.15) is 0 Å². The van der Waals surface area contributed by atoms with Crippen molar-refractivity contribution < 1.29 is 19.1 Å². The molecule has 0 radical (unpaired) electrons. The van der Waals surface area contributed by atoms with E-state index in [1.165, 1.54) is 4.90 Å². The molecule has 0 bridgehead atoms. The van der Waals surface area contributed by atoms with Gasteiger partial charge in [0.1, 0.15) is 6.04 Å². The number of ether oxygens (including phenoxy) is 1. The van der Waals surface area contributed by atoms with Gasteiger partial charge in [-0.1, -0.05) is 103 Å². The Morgan fingerprint density at radius 2 is 1.39 bits per heavy atom. The zero-order valence-electron chi connectivity index (χ0n) is 21.8. The lowest BCUT2D eigenvalue weighted by Crippen LogP contribution is -2.45. The number of benzene rings is 4. The Morgan fingerprint density at radius 3 is 2.07 bits per heavy atom. The third-order valence-electron chi connectivity index (χ3n) is 8.21. The van der Waals surface area contributed by atoms with Crippen molar-refractivity contribution in [3.05, 3.63) is 143 Å². The van der Waals surface area contributed by atoms with Crippen molar-refractivity contribution in [3.63, 3.8) is 0 Å². The maximum absolute atomic E-state index is 14.3. The Labute approximate surface area is 242 Å². The third-order valence-corrected chi connectivity index (χ3v) is 8.44. The number of carbonyl (C=O) groups is 3. The van der Waals surface area contributed by atoms with Crippen LogP contribution in [0.15, 0.2) is 115 Å². The van der Waals surface area contributed by atoms with Crippen LogP contribution >= 0.6 is 11.6 Å². The normalized spacial score (nSPS) is 22.5. The van der Waals surface area contributed by atoms with Crippen LogP contribution in [0.5, 0.6) is 0 Å². The number of imide groups is 1. The lowest BCUT2D eigenvalue weighted by atomic mass is 9.84. The summed E-state index contributed by atoms with van der Waals surface area (Å²) in [7, 11) is 0. The molecule has 4 atom stereocenters. The number of anilines is 1. The maximum Gasteiger partial charge on any atom is 0.330 e. The van der Waals surface area contributed by atoms with E-state index >= 15 is 0 Å². The van der Waals surface area contributed by atoms with Crippen LogP contribution in [0.3, 0.4) is 0 Å². The van der Waals surface area contributed by atoms with Crippen molar-refractivity contribution in [1.29, 1.82) is 0 Å². The molecule has 7 rings (SSSR count). The number of carbonyl (C=O) groups excluding carboxylic acids is 3. The number of hydrogen-bond acceptors (Lipinski definition) is 5. The minimum atomic E-state index is -0.995. The smallest absolute Gasteiger partial charge is 0.330 e. The second-order valence-electron chi connectivity index (χ2n) is 10.5. The van der Waals surface area contributed by atoms with Crippen molar-refractivity contribution in [3.8, 4) is 0 Å². The predicted molar refractivity (Wildman–Crippen MR) is 156 cm³/mol. The number of esters is 1. The molecule has 6 nitrogen and oxygen atoms in total. The quantitative estimate of drug-likeness (QED) is 0.215. The Bertz CT molecular complexity index is 1650. The number of halogens is 1. The Hall–Kier alpha value is -4.68. The first kappa shape index (κ1) is 25.3. The van der Waals surface area contributed by atoms with Crippen LogP contribution in [0.2, 0.25) is 5.02 Å². The van der Waals surface area contributed by atoms with E-state index in [4.69, 9.17) is 16.3 Å². The second-order valence-corrected chi connectivity index (χ2v) is 10.9. The molecule has 0 spiro atoms. The first-order chi connectivity index (χ1) is 20.0. The molecule has 3 aliphatic heterocycles. The fraction of sp³-hybridized carbons (Fsp3) is 0.147. The molecule has 0 N–H and O–H groups in total. The number of rotatable bonds is 5. The maximum atomic E-state index is 14.3. The van der Waals surface area contributed by atoms with Crippen LogP contribution in [0.1, 0.15) is 34.4 Å². The number of hydrogen-bond donors (Lipinski definition) is 0. The average molecular weight is 561 g/mol. The Morgan fingerprint density at radius 1 is 0.756 bits per heavy atom. The minimum absolute atomic E-state index is 0.347. The fourth-order valence-electron chi connectivity index (χ4n) is 6.47. The first-order valence-corrected chi connectivity index (χ1v) is 13.9. The minimum Gasteiger partial charge on any atom is -0.451 e. The number of nitrogens with zero attached hydrogens (tertiary/aromatic N) is 2. The van der Waals surface area contributed by atoms with Gasteiger partial charge < -0.3 is 9.64 Å². The highest BCUT2D eigenvalue weighted by molar-refractivity contribution is 6.31. The highest BCUT2D eigenvalue weighted by atomic mass is 35.5. The van der Waals surface area contributed by atoms with Crippen molar-refractivity contribution >= 4 is 41.1 Å². The van der Waals surface area contributed by atoms with E-state index in [2.05, 4.69) is 0 Å². The molecule has 0 aromatic heterocycles. The Kier molecular flexibility index (Phi) is 6.20. The van der Waals surface area contributed by atoms with Gasteiger partial charge >= 0.3 is 5.97 Å². The zero-order chi connectivity index (χ0) is 28.1. The van der Waals surface area contributed by atoms with Crippen molar-refractivity contribution in [1.82, 2.24) is 4.90 Å². The molecule has 202 valence electrons. The van der Waals surface area contributed by atoms with Crippen LogP contribution < -0.4 is 4.90 Å². The molecule has 4 aromatic carbocycles.